The predicted molar refractivity (Wildman–Crippen MR) is 180 cm³/mol. The summed E-state index contributed by atoms with van der Waals surface area (Å²) in [4.78, 5) is 53.8. The summed E-state index contributed by atoms with van der Waals surface area (Å²) in [7, 11) is 0. The maximum absolute atomic E-state index is 13.8. The highest BCUT2D eigenvalue weighted by Crippen LogP contribution is 2.33. The van der Waals surface area contributed by atoms with Crippen molar-refractivity contribution in [2.45, 2.75) is 124 Å². The van der Waals surface area contributed by atoms with Gasteiger partial charge in [-0.05, 0) is 61.8 Å². The van der Waals surface area contributed by atoms with E-state index in [1.165, 1.54) is 12.1 Å². The Hall–Kier alpha value is -4.08. The Balaban J connectivity index is 2.24. The van der Waals surface area contributed by atoms with Crippen molar-refractivity contribution >= 4 is 23.6 Å². The Morgan fingerprint density at radius 3 is 1.35 bits per heavy atom. The Morgan fingerprint density at radius 2 is 0.935 bits per heavy atom. The molecule has 0 aliphatic carbocycles. The van der Waals surface area contributed by atoms with Crippen molar-refractivity contribution in [1.29, 1.82) is 0 Å². The van der Waals surface area contributed by atoms with Gasteiger partial charge in [0.25, 0.3) is 23.6 Å². The van der Waals surface area contributed by atoms with Crippen LogP contribution in [0, 0.1) is 5.41 Å². The van der Waals surface area contributed by atoms with Gasteiger partial charge in [0.2, 0.25) is 0 Å². The average Bonchev–Trinajstić information content (AvgIpc) is 3.05. The van der Waals surface area contributed by atoms with Crippen LogP contribution >= 0.6 is 0 Å². The third-order valence-corrected chi connectivity index (χ3v) is 8.44. The Bertz CT molecular complexity index is 1210. The number of rotatable bonds is 19. The van der Waals surface area contributed by atoms with Crippen molar-refractivity contribution in [2.24, 2.45) is 5.41 Å². The molecule has 4 amide bonds. The number of hydrogen-bond acceptors (Lipinski definition) is 6. The van der Waals surface area contributed by atoms with Gasteiger partial charge in [-0.1, -0.05) is 110 Å². The summed E-state index contributed by atoms with van der Waals surface area (Å²) in [6.45, 7) is 8.13. The lowest BCUT2D eigenvalue weighted by atomic mass is 9.76. The van der Waals surface area contributed by atoms with E-state index in [2.05, 4.69) is 35.6 Å². The molecular weight excluding hydrogens is 584 g/mol. The van der Waals surface area contributed by atoms with Crippen molar-refractivity contribution in [2.75, 3.05) is 0 Å². The molecule has 10 heteroatoms. The molecule has 0 heterocycles. The van der Waals surface area contributed by atoms with E-state index in [1.54, 1.807) is 24.3 Å². The van der Waals surface area contributed by atoms with Crippen molar-refractivity contribution in [3.05, 3.63) is 58.7 Å². The first kappa shape index (κ1) is 38.1. The van der Waals surface area contributed by atoms with Crippen LogP contribution in [-0.2, 0) is 22.4 Å². The number of carbonyl (C=O) groups is 4. The highest BCUT2D eigenvalue weighted by molar-refractivity contribution is 6.07. The van der Waals surface area contributed by atoms with Crippen LogP contribution in [0.15, 0.2) is 36.4 Å². The molecule has 0 spiro atoms. The highest BCUT2D eigenvalue weighted by atomic mass is 16.3. The monoisotopic (exact) mass is 638 g/mol. The quantitative estimate of drug-likeness (QED) is 0.0583. The van der Waals surface area contributed by atoms with E-state index in [0.29, 0.717) is 43.2 Å². The lowest BCUT2D eigenvalue weighted by molar-refractivity contribution is -0.146. The molecule has 254 valence electrons. The molecule has 0 fully saturated rings. The first-order valence-corrected chi connectivity index (χ1v) is 17.0. The molecule has 10 nitrogen and oxygen atoms in total. The van der Waals surface area contributed by atoms with Crippen molar-refractivity contribution in [3.63, 3.8) is 0 Å². The van der Waals surface area contributed by atoms with E-state index < -0.39 is 29.0 Å². The van der Waals surface area contributed by atoms with E-state index in [1.807, 2.05) is 13.8 Å². The maximum Gasteiger partial charge on any atom is 0.273 e. The van der Waals surface area contributed by atoms with Crippen molar-refractivity contribution in [1.82, 2.24) is 21.7 Å². The molecule has 0 radical (unpaired) electrons. The number of hydrogen-bond donors (Lipinski definition) is 6. The summed E-state index contributed by atoms with van der Waals surface area (Å²) in [5.74, 6) is -3.10. The molecule has 0 unspecified atom stereocenters. The molecule has 0 saturated carbocycles. The van der Waals surface area contributed by atoms with Gasteiger partial charge in [-0.25, -0.2) is 0 Å². The number of aryl methyl sites for hydroxylation is 2. The summed E-state index contributed by atoms with van der Waals surface area (Å²) in [6.07, 6.45) is 10.9. The standard InChI is InChI=1S/C36H54N4O6/c1-5-9-13-18-26-20-16-22-28(30(26)41)32(43)37-39-34(45)36(24-12-8-4,25-15-11-7-3)35(46)40-38-33(44)29-23-17-21-27(31(29)42)19-14-10-6-2/h16-17,20-23,41-42H,5-15,18-19,24-25H2,1-4H3,(H,37,43)(H,38,44)(H,39,45)(H,40,46). The van der Waals surface area contributed by atoms with Gasteiger partial charge in [-0.2, -0.15) is 0 Å². The van der Waals surface area contributed by atoms with E-state index in [-0.39, 0.29) is 35.5 Å². The molecule has 0 saturated heterocycles. The second-order valence-corrected chi connectivity index (χ2v) is 12.0. The fourth-order valence-corrected chi connectivity index (χ4v) is 5.52. The number of unbranched alkanes of at least 4 members (excludes halogenated alkanes) is 7. The predicted octanol–water partition coefficient (Wildman–Crippen LogP) is 6.54. The zero-order valence-electron chi connectivity index (χ0n) is 28.1. The number of para-hydroxylation sites is 2. The number of benzene rings is 2. The normalized spacial score (nSPS) is 11.1. The number of amides is 4. The fourth-order valence-electron chi connectivity index (χ4n) is 5.52. The zero-order chi connectivity index (χ0) is 34.0. The number of phenols is 2. The molecule has 0 bridgehead atoms. The second-order valence-electron chi connectivity index (χ2n) is 12.0. The first-order chi connectivity index (χ1) is 22.2. The van der Waals surface area contributed by atoms with Gasteiger partial charge < -0.3 is 10.2 Å². The Labute approximate surface area is 274 Å². The highest BCUT2D eigenvalue weighted by Gasteiger charge is 2.45. The van der Waals surface area contributed by atoms with Gasteiger partial charge in [-0.3, -0.25) is 40.9 Å². The van der Waals surface area contributed by atoms with Crippen LogP contribution in [0.25, 0.3) is 0 Å². The average molecular weight is 639 g/mol. The van der Waals surface area contributed by atoms with Crippen LogP contribution in [0.4, 0.5) is 0 Å². The van der Waals surface area contributed by atoms with Crippen molar-refractivity contribution in [3.8, 4) is 11.5 Å². The summed E-state index contributed by atoms with van der Waals surface area (Å²) < 4.78 is 0. The molecule has 6 N–H and O–H groups in total. The minimum absolute atomic E-state index is 0.0212. The molecule has 2 rings (SSSR count). The molecular formula is C36H54N4O6. The second kappa shape index (κ2) is 20.1. The number of carbonyl (C=O) groups excluding carboxylic acids is 4. The lowest BCUT2D eigenvalue weighted by Crippen LogP contribution is -2.58. The first-order valence-electron chi connectivity index (χ1n) is 17.0. The summed E-state index contributed by atoms with van der Waals surface area (Å²) in [5.41, 5.74) is 9.39. The smallest absolute Gasteiger partial charge is 0.273 e. The van der Waals surface area contributed by atoms with Crippen LogP contribution in [0.2, 0.25) is 0 Å². The van der Waals surface area contributed by atoms with Gasteiger partial charge in [0.15, 0.2) is 0 Å². The summed E-state index contributed by atoms with van der Waals surface area (Å²) in [6, 6.07) is 9.85. The third kappa shape index (κ3) is 10.8. The fraction of sp³-hybridized carbons (Fsp3) is 0.556. The number of phenolic OH excluding ortho intramolecular Hbond substituents is 2. The van der Waals surface area contributed by atoms with Crippen molar-refractivity contribution < 1.29 is 29.4 Å². The van der Waals surface area contributed by atoms with E-state index >= 15 is 0 Å². The number of aromatic hydroxyl groups is 2. The molecule has 46 heavy (non-hydrogen) atoms. The molecule has 2 aromatic carbocycles. The topological polar surface area (TPSA) is 157 Å². The van der Waals surface area contributed by atoms with Crippen LogP contribution in [0.1, 0.15) is 143 Å². The zero-order valence-corrected chi connectivity index (χ0v) is 28.1. The molecule has 0 aliphatic rings. The molecule has 2 aromatic rings. The Kier molecular flexibility index (Phi) is 16.7. The maximum atomic E-state index is 13.8. The largest absolute Gasteiger partial charge is 0.507 e. The molecule has 0 atom stereocenters. The van der Waals surface area contributed by atoms with Gasteiger partial charge in [0, 0.05) is 0 Å². The summed E-state index contributed by atoms with van der Waals surface area (Å²) >= 11 is 0. The van der Waals surface area contributed by atoms with E-state index in [9.17, 15) is 29.4 Å². The van der Waals surface area contributed by atoms with Gasteiger partial charge >= 0.3 is 0 Å². The van der Waals surface area contributed by atoms with E-state index in [0.717, 1.165) is 51.4 Å². The SMILES string of the molecule is CCCCCc1cccc(C(=O)NNC(=O)C(CCCC)(CCCCC)C(=O)NNC(=O)c2cccc(CCCCC)c2O)c1O. The number of hydrazine groups is 2. The van der Waals surface area contributed by atoms with Gasteiger partial charge in [0.05, 0.1) is 11.1 Å². The van der Waals surface area contributed by atoms with Gasteiger partial charge in [-0.15, -0.1) is 0 Å². The number of nitrogens with one attached hydrogen (secondary N) is 4. The van der Waals surface area contributed by atoms with Crippen LogP contribution in [-0.4, -0.2) is 33.8 Å². The van der Waals surface area contributed by atoms with Crippen LogP contribution in [0.5, 0.6) is 11.5 Å². The van der Waals surface area contributed by atoms with E-state index in [4.69, 9.17) is 0 Å². The lowest BCUT2D eigenvalue weighted by Gasteiger charge is -2.31. The van der Waals surface area contributed by atoms with Gasteiger partial charge in [0.1, 0.15) is 16.9 Å². The van der Waals surface area contributed by atoms with Crippen LogP contribution in [0.3, 0.4) is 0 Å². The molecule has 0 aliphatic heterocycles. The third-order valence-electron chi connectivity index (χ3n) is 8.44. The minimum atomic E-state index is -1.60. The van der Waals surface area contributed by atoms with Crippen LogP contribution < -0.4 is 21.7 Å². The minimum Gasteiger partial charge on any atom is -0.507 e. The molecule has 0 aromatic heterocycles. The Morgan fingerprint density at radius 1 is 0.543 bits per heavy atom. The summed E-state index contributed by atoms with van der Waals surface area (Å²) in [5, 5.41) is 21.5.